The summed E-state index contributed by atoms with van der Waals surface area (Å²) in [5, 5.41) is 14.3. The molecule has 0 atom stereocenters. The van der Waals surface area contributed by atoms with Crippen molar-refractivity contribution in [3.05, 3.63) is 99.6 Å². The van der Waals surface area contributed by atoms with Crippen molar-refractivity contribution in [2.24, 2.45) is 0 Å². The number of hydrogen-bond donors (Lipinski definition) is 1. The fourth-order valence-electron chi connectivity index (χ4n) is 3.00. The van der Waals surface area contributed by atoms with E-state index in [9.17, 15) is 14.9 Å². The first-order valence-corrected chi connectivity index (χ1v) is 8.84. The topological polar surface area (TPSA) is 75.5 Å². The van der Waals surface area contributed by atoms with E-state index in [4.69, 9.17) is 0 Å². The first kappa shape index (κ1) is 19.1. The monoisotopic (exact) mass is 375 g/mol. The molecule has 0 aliphatic rings. The van der Waals surface area contributed by atoms with Crippen molar-refractivity contribution in [3.63, 3.8) is 0 Å². The third kappa shape index (κ3) is 4.35. The zero-order chi connectivity index (χ0) is 20.1. The molecule has 0 aromatic heterocycles. The van der Waals surface area contributed by atoms with Crippen LogP contribution in [0.1, 0.15) is 21.5 Å². The van der Waals surface area contributed by atoms with Crippen molar-refractivity contribution in [1.29, 1.82) is 0 Å². The minimum atomic E-state index is -0.477. The SMILES string of the molecule is CN(C)c1ccc(C(=O)Nc2ccccc2Cc2ccccc2)cc1[N+](=O)[O-]. The molecule has 0 radical (unpaired) electrons. The number of rotatable bonds is 6. The Morgan fingerprint density at radius 3 is 2.36 bits per heavy atom. The van der Waals surface area contributed by atoms with Gasteiger partial charge in [-0.05, 0) is 35.7 Å². The summed E-state index contributed by atoms with van der Waals surface area (Å²) >= 11 is 0. The van der Waals surface area contributed by atoms with E-state index in [1.54, 1.807) is 31.1 Å². The standard InChI is InChI=1S/C22H21N3O3/c1-24(2)20-13-12-18(15-21(20)25(27)28)22(26)23-19-11-7-6-10-17(19)14-16-8-4-3-5-9-16/h3-13,15H,14H2,1-2H3,(H,23,26). The van der Waals surface area contributed by atoms with Gasteiger partial charge >= 0.3 is 0 Å². The Hall–Kier alpha value is -3.67. The van der Waals surface area contributed by atoms with Gasteiger partial charge in [-0.2, -0.15) is 0 Å². The molecule has 0 bridgehead atoms. The second kappa shape index (κ2) is 8.35. The van der Waals surface area contributed by atoms with E-state index in [1.165, 1.54) is 6.07 Å². The third-order valence-electron chi connectivity index (χ3n) is 4.42. The molecule has 0 saturated carbocycles. The maximum atomic E-state index is 12.7. The maximum absolute atomic E-state index is 12.7. The van der Waals surface area contributed by atoms with Crippen molar-refractivity contribution >= 4 is 23.0 Å². The molecule has 0 unspecified atom stereocenters. The predicted octanol–water partition coefficient (Wildman–Crippen LogP) is 4.50. The van der Waals surface area contributed by atoms with Crippen LogP contribution >= 0.6 is 0 Å². The van der Waals surface area contributed by atoms with Crippen molar-refractivity contribution in [2.75, 3.05) is 24.3 Å². The minimum absolute atomic E-state index is 0.102. The molecular formula is C22H21N3O3. The van der Waals surface area contributed by atoms with Gasteiger partial charge in [0.05, 0.1) is 4.92 Å². The van der Waals surface area contributed by atoms with Gasteiger partial charge in [0, 0.05) is 31.4 Å². The molecule has 0 spiro atoms. The third-order valence-corrected chi connectivity index (χ3v) is 4.42. The van der Waals surface area contributed by atoms with Crippen molar-refractivity contribution in [2.45, 2.75) is 6.42 Å². The van der Waals surface area contributed by atoms with Gasteiger partial charge in [0.2, 0.25) is 0 Å². The Balaban J connectivity index is 1.86. The van der Waals surface area contributed by atoms with E-state index < -0.39 is 4.92 Å². The number of nitrogens with one attached hydrogen (secondary N) is 1. The van der Waals surface area contributed by atoms with Crippen LogP contribution in [-0.4, -0.2) is 24.9 Å². The highest BCUT2D eigenvalue weighted by Crippen LogP contribution is 2.28. The van der Waals surface area contributed by atoms with E-state index in [0.29, 0.717) is 17.8 Å². The van der Waals surface area contributed by atoms with Crippen LogP contribution in [0.2, 0.25) is 0 Å². The first-order valence-electron chi connectivity index (χ1n) is 8.84. The molecule has 142 valence electrons. The Bertz CT molecular complexity index is 1000. The quantitative estimate of drug-likeness (QED) is 0.508. The van der Waals surface area contributed by atoms with E-state index in [0.717, 1.165) is 11.1 Å². The van der Waals surface area contributed by atoms with Crippen molar-refractivity contribution in [3.8, 4) is 0 Å². The normalized spacial score (nSPS) is 10.4. The van der Waals surface area contributed by atoms with E-state index in [1.807, 2.05) is 54.6 Å². The predicted molar refractivity (Wildman–Crippen MR) is 111 cm³/mol. The number of hydrogen-bond acceptors (Lipinski definition) is 4. The number of nitro benzene ring substituents is 1. The van der Waals surface area contributed by atoms with Crippen LogP contribution in [0.5, 0.6) is 0 Å². The van der Waals surface area contributed by atoms with Gasteiger partial charge in [-0.3, -0.25) is 14.9 Å². The average molecular weight is 375 g/mol. The fourth-order valence-corrected chi connectivity index (χ4v) is 3.00. The number of para-hydroxylation sites is 1. The highest BCUT2D eigenvalue weighted by atomic mass is 16.6. The first-order chi connectivity index (χ1) is 13.5. The van der Waals surface area contributed by atoms with E-state index in [2.05, 4.69) is 5.32 Å². The van der Waals surface area contributed by atoms with Crippen LogP contribution in [0.3, 0.4) is 0 Å². The van der Waals surface area contributed by atoms with Crippen LogP contribution in [0, 0.1) is 10.1 Å². The maximum Gasteiger partial charge on any atom is 0.293 e. The van der Waals surface area contributed by atoms with Crippen LogP contribution < -0.4 is 10.2 Å². The Morgan fingerprint density at radius 2 is 1.68 bits per heavy atom. The summed E-state index contributed by atoms with van der Waals surface area (Å²) < 4.78 is 0. The lowest BCUT2D eigenvalue weighted by atomic mass is 10.0. The number of benzene rings is 3. The molecule has 28 heavy (non-hydrogen) atoms. The number of nitro groups is 1. The minimum Gasteiger partial charge on any atom is -0.372 e. The molecule has 1 N–H and O–H groups in total. The highest BCUT2D eigenvalue weighted by molar-refractivity contribution is 6.05. The lowest BCUT2D eigenvalue weighted by molar-refractivity contribution is -0.384. The lowest BCUT2D eigenvalue weighted by Gasteiger charge is -2.14. The Morgan fingerprint density at radius 1 is 1.00 bits per heavy atom. The fraction of sp³-hybridized carbons (Fsp3) is 0.136. The Labute approximate surface area is 163 Å². The summed E-state index contributed by atoms with van der Waals surface area (Å²) in [5.41, 5.74) is 3.39. The molecule has 0 heterocycles. The van der Waals surface area contributed by atoms with Gasteiger partial charge in [-0.1, -0.05) is 48.5 Å². The van der Waals surface area contributed by atoms with Crippen molar-refractivity contribution < 1.29 is 9.72 Å². The second-order valence-electron chi connectivity index (χ2n) is 6.63. The molecular weight excluding hydrogens is 354 g/mol. The summed E-state index contributed by atoms with van der Waals surface area (Å²) in [6, 6.07) is 22.0. The number of carbonyl (C=O) groups is 1. The zero-order valence-electron chi connectivity index (χ0n) is 15.8. The molecule has 0 fully saturated rings. The smallest absolute Gasteiger partial charge is 0.293 e. The summed E-state index contributed by atoms with van der Waals surface area (Å²) in [4.78, 5) is 25.3. The number of amides is 1. The number of anilines is 2. The number of carbonyl (C=O) groups excluding carboxylic acids is 1. The lowest BCUT2D eigenvalue weighted by Crippen LogP contribution is -2.15. The van der Waals surface area contributed by atoms with Crippen LogP contribution in [-0.2, 0) is 6.42 Å². The second-order valence-corrected chi connectivity index (χ2v) is 6.63. The summed E-state index contributed by atoms with van der Waals surface area (Å²) in [7, 11) is 3.45. The molecule has 1 amide bonds. The molecule has 0 aliphatic carbocycles. The molecule has 3 aromatic carbocycles. The van der Waals surface area contributed by atoms with Gasteiger partial charge in [0.1, 0.15) is 5.69 Å². The molecule has 3 rings (SSSR count). The highest BCUT2D eigenvalue weighted by Gasteiger charge is 2.19. The van der Waals surface area contributed by atoms with Crippen molar-refractivity contribution in [1.82, 2.24) is 0 Å². The van der Waals surface area contributed by atoms with Gasteiger partial charge in [0.25, 0.3) is 11.6 Å². The van der Waals surface area contributed by atoms with Crippen LogP contribution in [0.4, 0.5) is 17.1 Å². The van der Waals surface area contributed by atoms with E-state index in [-0.39, 0.29) is 17.2 Å². The summed E-state index contributed by atoms with van der Waals surface area (Å²) in [5.74, 6) is -0.381. The largest absolute Gasteiger partial charge is 0.372 e. The molecule has 6 heteroatoms. The zero-order valence-corrected chi connectivity index (χ0v) is 15.8. The van der Waals surface area contributed by atoms with Crippen LogP contribution in [0.15, 0.2) is 72.8 Å². The number of nitrogens with zero attached hydrogens (tertiary/aromatic N) is 2. The van der Waals surface area contributed by atoms with Gasteiger partial charge in [-0.15, -0.1) is 0 Å². The van der Waals surface area contributed by atoms with Gasteiger partial charge < -0.3 is 10.2 Å². The summed E-state index contributed by atoms with van der Waals surface area (Å²) in [6.07, 6.45) is 0.678. The molecule has 0 saturated heterocycles. The molecule has 6 nitrogen and oxygen atoms in total. The Kier molecular flexibility index (Phi) is 5.69. The van der Waals surface area contributed by atoms with Crippen LogP contribution in [0.25, 0.3) is 0 Å². The molecule has 3 aromatic rings. The average Bonchev–Trinajstić information content (AvgIpc) is 2.69. The molecule has 0 aliphatic heterocycles. The van der Waals surface area contributed by atoms with Gasteiger partial charge in [-0.25, -0.2) is 0 Å². The summed E-state index contributed by atoms with van der Waals surface area (Å²) in [6.45, 7) is 0. The van der Waals surface area contributed by atoms with Gasteiger partial charge in [0.15, 0.2) is 0 Å². The van der Waals surface area contributed by atoms with E-state index >= 15 is 0 Å².